The molecule has 1 aliphatic rings. The van der Waals surface area contributed by atoms with E-state index >= 15 is 0 Å². The van der Waals surface area contributed by atoms with Crippen LogP contribution >= 0.6 is 0 Å². The fourth-order valence-corrected chi connectivity index (χ4v) is 2.29. The molecule has 1 aromatic carbocycles. The van der Waals surface area contributed by atoms with Gasteiger partial charge in [-0.25, -0.2) is 4.39 Å². The standard InChI is InChI=1S/C13H14FN3/c14-10-1-2-12-11(9-10)13(3-4-16-12)17-7-5-15-6-8-17/h1-4,9,15H,5-8H2. The molecule has 0 bridgehead atoms. The molecule has 1 N–H and O–H groups in total. The fourth-order valence-electron chi connectivity index (χ4n) is 2.29. The van der Waals surface area contributed by atoms with E-state index in [0.29, 0.717) is 0 Å². The Balaban J connectivity index is 2.11. The van der Waals surface area contributed by atoms with Crippen LogP contribution in [0, 0.1) is 5.82 Å². The van der Waals surface area contributed by atoms with Gasteiger partial charge in [0.05, 0.1) is 5.52 Å². The third-order valence-corrected chi connectivity index (χ3v) is 3.14. The van der Waals surface area contributed by atoms with E-state index in [0.717, 1.165) is 42.8 Å². The van der Waals surface area contributed by atoms with Crippen LogP contribution in [0.3, 0.4) is 0 Å². The molecule has 17 heavy (non-hydrogen) atoms. The lowest BCUT2D eigenvalue weighted by Gasteiger charge is -2.30. The normalized spacial score (nSPS) is 16.4. The number of nitrogens with zero attached hydrogens (tertiary/aromatic N) is 2. The van der Waals surface area contributed by atoms with Crippen molar-refractivity contribution in [2.75, 3.05) is 31.1 Å². The summed E-state index contributed by atoms with van der Waals surface area (Å²) in [5.41, 5.74) is 1.93. The third kappa shape index (κ3) is 1.96. The monoisotopic (exact) mass is 231 g/mol. The van der Waals surface area contributed by atoms with Crippen molar-refractivity contribution >= 4 is 16.6 Å². The van der Waals surface area contributed by atoms with Gasteiger partial charge in [-0.1, -0.05) is 0 Å². The number of pyridine rings is 1. The Labute approximate surface area is 99.3 Å². The zero-order chi connectivity index (χ0) is 11.7. The maximum absolute atomic E-state index is 13.3. The lowest BCUT2D eigenvalue weighted by molar-refractivity contribution is 0.590. The lowest BCUT2D eigenvalue weighted by Crippen LogP contribution is -2.43. The summed E-state index contributed by atoms with van der Waals surface area (Å²) >= 11 is 0. The highest BCUT2D eigenvalue weighted by molar-refractivity contribution is 5.91. The Morgan fingerprint density at radius 3 is 2.82 bits per heavy atom. The Bertz CT molecular complexity index is 535. The Morgan fingerprint density at radius 1 is 1.18 bits per heavy atom. The number of hydrogen-bond acceptors (Lipinski definition) is 3. The van der Waals surface area contributed by atoms with Gasteiger partial charge in [-0.05, 0) is 24.3 Å². The van der Waals surface area contributed by atoms with E-state index in [-0.39, 0.29) is 5.82 Å². The number of rotatable bonds is 1. The van der Waals surface area contributed by atoms with Gasteiger partial charge in [0.1, 0.15) is 5.82 Å². The lowest BCUT2D eigenvalue weighted by atomic mass is 10.1. The van der Waals surface area contributed by atoms with Crippen molar-refractivity contribution in [1.82, 2.24) is 10.3 Å². The first-order valence-electron chi connectivity index (χ1n) is 5.84. The number of nitrogens with one attached hydrogen (secondary N) is 1. The van der Waals surface area contributed by atoms with Crippen molar-refractivity contribution in [3.05, 3.63) is 36.3 Å². The molecule has 0 saturated carbocycles. The van der Waals surface area contributed by atoms with Crippen molar-refractivity contribution in [1.29, 1.82) is 0 Å². The molecule has 0 amide bonds. The van der Waals surface area contributed by atoms with Crippen LogP contribution in [0.4, 0.5) is 10.1 Å². The van der Waals surface area contributed by atoms with E-state index in [1.54, 1.807) is 18.3 Å². The van der Waals surface area contributed by atoms with Crippen molar-refractivity contribution in [3.8, 4) is 0 Å². The summed E-state index contributed by atoms with van der Waals surface area (Å²) in [6.07, 6.45) is 1.79. The van der Waals surface area contributed by atoms with Crippen LogP contribution in [0.2, 0.25) is 0 Å². The number of anilines is 1. The molecule has 3 nitrogen and oxygen atoms in total. The van der Waals surface area contributed by atoms with Crippen molar-refractivity contribution in [2.45, 2.75) is 0 Å². The minimum absolute atomic E-state index is 0.207. The second-order valence-corrected chi connectivity index (χ2v) is 4.23. The summed E-state index contributed by atoms with van der Waals surface area (Å²) < 4.78 is 13.3. The molecule has 4 heteroatoms. The Morgan fingerprint density at radius 2 is 2.00 bits per heavy atom. The molecule has 88 valence electrons. The fraction of sp³-hybridized carbons (Fsp3) is 0.308. The number of hydrogen-bond donors (Lipinski definition) is 1. The minimum atomic E-state index is -0.207. The Kier molecular flexibility index (Phi) is 2.65. The molecule has 2 aromatic rings. The van der Waals surface area contributed by atoms with E-state index < -0.39 is 0 Å². The summed E-state index contributed by atoms with van der Waals surface area (Å²) in [6.45, 7) is 3.85. The molecule has 0 atom stereocenters. The van der Waals surface area contributed by atoms with E-state index in [1.165, 1.54) is 6.07 Å². The van der Waals surface area contributed by atoms with Crippen LogP contribution in [0.1, 0.15) is 0 Å². The molecule has 0 spiro atoms. The van der Waals surface area contributed by atoms with Gasteiger partial charge in [-0.2, -0.15) is 0 Å². The molecule has 0 radical (unpaired) electrons. The highest BCUT2D eigenvalue weighted by Crippen LogP contribution is 2.26. The van der Waals surface area contributed by atoms with E-state index in [1.807, 2.05) is 6.07 Å². The molecule has 0 aliphatic carbocycles. The minimum Gasteiger partial charge on any atom is -0.368 e. The predicted octanol–water partition coefficient (Wildman–Crippen LogP) is 1.78. The van der Waals surface area contributed by atoms with E-state index in [9.17, 15) is 4.39 Å². The molecule has 1 saturated heterocycles. The zero-order valence-corrected chi connectivity index (χ0v) is 9.49. The topological polar surface area (TPSA) is 28.2 Å². The highest BCUT2D eigenvalue weighted by atomic mass is 19.1. The largest absolute Gasteiger partial charge is 0.368 e. The van der Waals surface area contributed by atoms with Gasteiger partial charge in [0.2, 0.25) is 0 Å². The third-order valence-electron chi connectivity index (χ3n) is 3.14. The molecular formula is C13H14FN3. The number of fused-ring (bicyclic) bond motifs is 1. The van der Waals surface area contributed by atoms with Gasteiger partial charge >= 0.3 is 0 Å². The maximum Gasteiger partial charge on any atom is 0.124 e. The average molecular weight is 231 g/mol. The predicted molar refractivity (Wildman–Crippen MR) is 66.8 cm³/mol. The number of benzene rings is 1. The molecule has 1 aromatic heterocycles. The van der Waals surface area contributed by atoms with Gasteiger partial charge in [0, 0.05) is 43.4 Å². The summed E-state index contributed by atoms with van der Waals surface area (Å²) in [7, 11) is 0. The molecule has 1 fully saturated rings. The quantitative estimate of drug-likeness (QED) is 0.811. The van der Waals surface area contributed by atoms with Gasteiger partial charge in [-0.15, -0.1) is 0 Å². The van der Waals surface area contributed by atoms with Crippen LogP contribution in [-0.2, 0) is 0 Å². The summed E-state index contributed by atoms with van der Waals surface area (Å²) in [5.74, 6) is -0.207. The first kappa shape index (κ1) is 10.5. The van der Waals surface area contributed by atoms with Gasteiger partial charge in [0.15, 0.2) is 0 Å². The summed E-state index contributed by atoms with van der Waals surface area (Å²) in [5, 5.41) is 4.21. The van der Waals surface area contributed by atoms with Gasteiger partial charge in [0.25, 0.3) is 0 Å². The van der Waals surface area contributed by atoms with Crippen molar-refractivity contribution in [2.24, 2.45) is 0 Å². The Hall–Kier alpha value is -1.68. The molecule has 3 rings (SSSR count). The van der Waals surface area contributed by atoms with Gasteiger partial charge in [-0.3, -0.25) is 4.98 Å². The van der Waals surface area contributed by atoms with E-state index in [2.05, 4.69) is 15.2 Å². The molecule has 2 heterocycles. The van der Waals surface area contributed by atoms with Gasteiger partial charge < -0.3 is 10.2 Å². The second kappa shape index (κ2) is 4.30. The second-order valence-electron chi connectivity index (χ2n) is 4.23. The van der Waals surface area contributed by atoms with Crippen molar-refractivity contribution in [3.63, 3.8) is 0 Å². The first-order chi connectivity index (χ1) is 8.34. The van der Waals surface area contributed by atoms with Crippen molar-refractivity contribution < 1.29 is 4.39 Å². The highest BCUT2D eigenvalue weighted by Gasteiger charge is 2.13. The van der Waals surface area contributed by atoms with E-state index in [4.69, 9.17) is 0 Å². The zero-order valence-electron chi connectivity index (χ0n) is 9.49. The smallest absolute Gasteiger partial charge is 0.124 e. The number of aromatic nitrogens is 1. The van der Waals surface area contributed by atoms with Crippen LogP contribution in [0.5, 0.6) is 0 Å². The summed E-state index contributed by atoms with van der Waals surface area (Å²) in [4.78, 5) is 6.55. The molecular weight excluding hydrogens is 217 g/mol. The van der Waals surface area contributed by atoms with Crippen LogP contribution in [0.15, 0.2) is 30.5 Å². The first-order valence-corrected chi connectivity index (χ1v) is 5.84. The van der Waals surface area contributed by atoms with Crippen LogP contribution in [-0.4, -0.2) is 31.2 Å². The van der Waals surface area contributed by atoms with Crippen LogP contribution < -0.4 is 10.2 Å². The summed E-state index contributed by atoms with van der Waals surface area (Å²) in [6, 6.07) is 6.72. The number of halogens is 1. The van der Waals surface area contributed by atoms with Crippen LogP contribution in [0.25, 0.3) is 10.9 Å². The molecule has 0 unspecified atom stereocenters. The average Bonchev–Trinajstić information content (AvgIpc) is 2.39. The maximum atomic E-state index is 13.3. The SMILES string of the molecule is Fc1ccc2nccc(N3CCNCC3)c2c1. The number of piperazine rings is 1. The molecule has 1 aliphatic heterocycles.